The summed E-state index contributed by atoms with van der Waals surface area (Å²) in [6, 6.07) is 5.63. The molecule has 1 fully saturated rings. The van der Waals surface area contributed by atoms with Crippen molar-refractivity contribution in [2.45, 2.75) is 38.3 Å². The Kier molecular flexibility index (Phi) is 4.55. The van der Waals surface area contributed by atoms with Gasteiger partial charge in [-0.25, -0.2) is 0 Å². The molecule has 0 amide bonds. The van der Waals surface area contributed by atoms with Crippen LogP contribution in [0.3, 0.4) is 0 Å². The van der Waals surface area contributed by atoms with Crippen LogP contribution in [0.4, 0.5) is 0 Å². The van der Waals surface area contributed by atoms with Crippen molar-refractivity contribution in [3.8, 4) is 0 Å². The fourth-order valence-corrected chi connectivity index (χ4v) is 3.81. The van der Waals surface area contributed by atoms with Gasteiger partial charge in [-0.2, -0.15) is 11.3 Å². The number of likely N-dealkylation sites (tertiary alicyclic amines) is 1. The number of carbonyl (C=O) groups is 1. The molecule has 1 saturated heterocycles. The van der Waals surface area contributed by atoms with Crippen LogP contribution in [0.1, 0.15) is 42.1 Å². The highest BCUT2D eigenvalue weighted by Gasteiger charge is 2.35. The molecule has 3 rings (SSSR count). The van der Waals surface area contributed by atoms with Gasteiger partial charge in [0.15, 0.2) is 0 Å². The normalized spacial score (nSPS) is 20.7. The first-order chi connectivity index (χ1) is 10.7. The van der Waals surface area contributed by atoms with Crippen molar-refractivity contribution in [2.24, 2.45) is 0 Å². The lowest BCUT2D eigenvalue weighted by molar-refractivity contribution is -0.145. The number of aryl methyl sites for hydroxylation is 1. The van der Waals surface area contributed by atoms with E-state index in [0.29, 0.717) is 6.42 Å². The second-order valence-electron chi connectivity index (χ2n) is 5.81. The molecule has 4 nitrogen and oxygen atoms in total. The van der Waals surface area contributed by atoms with Gasteiger partial charge in [-0.05, 0) is 60.3 Å². The molecule has 2 unspecified atom stereocenters. The Hall–Kier alpha value is -1.72. The van der Waals surface area contributed by atoms with Gasteiger partial charge in [-0.3, -0.25) is 14.7 Å². The van der Waals surface area contributed by atoms with Crippen LogP contribution in [0.2, 0.25) is 0 Å². The number of carboxylic acids is 1. The molecule has 0 bridgehead atoms. The minimum Gasteiger partial charge on any atom is -0.480 e. The van der Waals surface area contributed by atoms with Crippen molar-refractivity contribution in [1.29, 1.82) is 0 Å². The number of nitrogens with zero attached hydrogens (tertiary/aromatic N) is 2. The van der Waals surface area contributed by atoms with E-state index in [1.54, 1.807) is 11.3 Å². The molecule has 2 atom stereocenters. The second-order valence-corrected chi connectivity index (χ2v) is 6.59. The zero-order valence-electron chi connectivity index (χ0n) is 12.6. The van der Waals surface area contributed by atoms with Gasteiger partial charge in [0, 0.05) is 6.20 Å². The molecule has 2 aromatic rings. The first-order valence-corrected chi connectivity index (χ1v) is 8.54. The second kappa shape index (κ2) is 6.58. The van der Waals surface area contributed by atoms with Crippen molar-refractivity contribution in [2.75, 3.05) is 6.54 Å². The Morgan fingerprint density at radius 2 is 2.27 bits per heavy atom. The molecule has 1 aliphatic rings. The van der Waals surface area contributed by atoms with Gasteiger partial charge in [-0.15, -0.1) is 0 Å². The van der Waals surface area contributed by atoms with E-state index >= 15 is 0 Å². The molecule has 3 heterocycles. The zero-order chi connectivity index (χ0) is 15.5. The number of hydrogen-bond donors (Lipinski definition) is 1. The SMILES string of the molecule is Cc1ccc(C(c2ccsc2)N2CCCCC2C(=O)O)nc1. The molecule has 5 heteroatoms. The lowest BCUT2D eigenvalue weighted by Crippen LogP contribution is -2.47. The van der Waals surface area contributed by atoms with Crippen LogP contribution in [0.25, 0.3) is 0 Å². The van der Waals surface area contributed by atoms with E-state index < -0.39 is 12.0 Å². The van der Waals surface area contributed by atoms with Crippen LogP contribution in [-0.4, -0.2) is 33.5 Å². The van der Waals surface area contributed by atoms with Gasteiger partial charge >= 0.3 is 5.97 Å². The molecule has 22 heavy (non-hydrogen) atoms. The molecule has 0 aromatic carbocycles. The first kappa shape index (κ1) is 15.2. The fourth-order valence-electron chi connectivity index (χ4n) is 3.13. The molecule has 2 aromatic heterocycles. The van der Waals surface area contributed by atoms with Crippen molar-refractivity contribution in [3.05, 3.63) is 52.0 Å². The molecule has 116 valence electrons. The minimum absolute atomic E-state index is 0.0757. The highest BCUT2D eigenvalue weighted by Crippen LogP contribution is 2.34. The van der Waals surface area contributed by atoms with E-state index in [4.69, 9.17) is 0 Å². The van der Waals surface area contributed by atoms with E-state index in [1.165, 1.54) is 0 Å². The third-order valence-electron chi connectivity index (χ3n) is 4.23. The first-order valence-electron chi connectivity index (χ1n) is 7.60. The van der Waals surface area contributed by atoms with Crippen molar-refractivity contribution < 1.29 is 9.90 Å². The van der Waals surface area contributed by atoms with Gasteiger partial charge in [0.1, 0.15) is 6.04 Å². The van der Waals surface area contributed by atoms with Crippen molar-refractivity contribution >= 4 is 17.3 Å². The predicted octanol–water partition coefficient (Wildman–Crippen LogP) is 3.48. The summed E-state index contributed by atoms with van der Waals surface area (Å²) in [7, 11) is 0. The summed E-state index contributed by atoms with van der Waals surface area (Å²) in [6.07, 6.45) is 4.58. The lowest BCUT2D eigenvalue weighted by atomic mass is 9.95. The number of rotatable bonds is 4. The van der Waals surface area contributed by atoms with Crippen molar-refractivity contribution in [3.63, 3.8) is 0 Å². The van der Waals surface area contributed by atoms with Crippen LogP contribution >= 0.6 is 11.3 Å². The standard InChI is InChI=1S/C17H20N2O2S/c1-12-5-6-14(18-10-12)16(13-7-9-22-11-13)19-8-3-2-4-15(19)17(20)21/h5-7,9-11,15-16H,2-4,8H2,1H3,(H,20,21). The predicted molar refractivity (Wildman–Crippen MR) is 87.1 cm³/mol. The van der Waals surface area contributed by atoms with E-state index in [9.17, 15) is 9.90 Å². The summed E-state index contributed by atoms with van der Waals surface area (Å²) < 4.78 is 0. The lowest BCUT2D eigenvalue weighted by Gasteiger charge is -2.38. The van der Waals surface area contributed by atoms with E-state index in [2.05, 4.69) is 21.3 Å². The number of carboxylic acid groups (broad SMARTS) is 1. The maximum Gasteiger partial charge on any atom is 0.320 e. The van der Waals surface area contributed by atoms with Crippen LogP contribution < -0.4 is 0 Å². The van der Waals surface area contributed by atoms with Gasteiger partial charge < -0.3 is 5.11 Å². The maximum absolute atomic E-state index is 11.7. The van der Waals surface area contributed by atoms with Gasteiger partial charge in [0.05, 0.1) is 11.7 Å². The number of piperidine rings is 1. The van der Waals surface area contributed by atoms with E-state index in [0.717, 1.165) is 36.2 Å². The van der Waals surface area contributed by atoms with Crippen LogP contribution in [0, 0.1) is 6.92 Å². The maximum atomic E-state index is 11.7. The van der Waals surface area contributed by atoms with Crippen LogP contribution in [0.15, 0.2) is 35.2 Å². The molecule has 0 aliphatic carbocycles. The number of pyridine rings is 1. The molecular weight excluding hydrogens is 296 g/mol. The Morgan fingerprint density at radius 1 is 1.41 bits per heavy atom. The van der Waals surface area contributed by atoms with Gasteiger partial charge in [0.25, 0.3) is 0 Å². The van der Waals surface area contributed by atoms with E-state index in [1.807, 2.05) is 30.6 Å². The Balaban J connectivity index is 2.01. The summed E-state index contributed by atoms with van der Waals surface area (Å²) in [6.45, 7) is 2.81. The molecule has 0 saturated carbocycles. The molecule has 1 N–H and O–H groups in total. The summed E-state index contributed by atoms with van der Waals surface area (Å²) in [5.74, 6) is -0.730. The Bertz CT molecular complexity index is 625. The molecular formula is C17H20N2O2S. The van der Waals surface area contributed by atoms with E-state index in [-0.39, 0.29) is 6.04 Å². The quantitative estimate of drug-likeness (QED) is 0.938. The highest BCUT2D eigenvalue weighted by atomic mass is 32.1. The van der Waals surface area contributed by atoms with Gasteiger partial charge in [-0.1, -0.05) is 12.5 Å². The number of aromatic nitrogens is 1. The molecule has 1 aliphatic heterocycles. The smallest absolute Gasteiger partial charge is 0.320 e. The summed E-state index contributed by atoms with van der Waals surface area (Å²) in [4.78, 5) is 18.3. The van der Waals surface area contributed by atoms with Crippen LogP contribution in [-0.2, 0) is 4.79 Å². The van der Waals surface area contributed by atoms with Crippen molar-refractivity contribution in [1.82, 2.24) is 9.88 Å². The Labute approximate surface area is 134 Å². The highest BCUT2D eigenvalue weighted by molar-refractivity contribution is 7.08. The molecule has 0 spiro atoms. The summed E-state index contributed by atoms with van der Waals surface area (Å²) in [5, 5.41) is 13.7. The van der Waals surface area contributed by atoms with Gasteiger partial charge in [0.2, 0.25) is 0 Å². The third kappa shape index (κ3) is 3.05. The monoisotopic (exact) mass is 316 g/mol. The largest absolute Gasteiger partial charge is 0.480 e. The number of thiophene rings is 1. The average molecular weight is 316 g/mol. The summed E-state index contributed by atoms with van der Waals surface area (Å²) in [5.41, 5.74) is 3.17. The number of hydrogen-bond acceptors (Lipinski definition) is 4. The fraction of sp³-hybridized carbons (Fsp3) is 0.412. The minimum atomic E-state index is -0.730. The van der Waals surface area contributed by atoms with Crippen LogP contribution in [0.5, 0.6) is 0 Å². The average Bonchev–Trinajstić information content (AvgIpc) is 3.04. The Morgan fingerprint density at radius 3 is 2.91 bits per heavy atom. The number of aliphatic carboxylic acids is 1. The summed E-state index contributed by atoms with van der Waals surface area (Å²) >= 11 is 1.64. The third-order valence-corrected chi connectivity index (χ3v) is 4.94. The zero-order valence-corrected chi connectivity index (χ0v) is 13.4. The topological polar surface area (TPSA) is 53.4 Å². The molecule has 0 radical (unpaired) electrons.